The molecule has 1 aromatic heterocycles. The van der Waals surface area contributed by atoms with E-state index < -0.39 is 0 Å². The lowest BCUT2D eigenvalue weighted by molar-refractivity contribution is 0.472. The van der Waals surface area contributed by atoms with Gasteiger partial charge in [-0.3, -0.25) is 4.79 Å². The van der Waals surface area contributed by atoms with Gasteiger partial charge in [-0.2, -0.15) is 9.78 Å². The van der Waals surface area contributed by atoms with Crippen LogP contribution >= 0.6 is 31.9 Å². The van der Waals surface area contributed by atoms with Crippen molar-refractivity contribution in [2.75, 3.05) is 0 Å². The maximum atomic E-state index is 12.9. The van der Waals surface area contributed by atoms with Gasteiger partial charge in [-0.25, -0.2) is 4.98 Å². The van der Waals surface area contributed by atoms with Crippen LogP contribution in [0.15, 0.2) is 55.2 Å². The molecule has 0 spiro atoms. The molecule has 0 radical (unpaired) electrons. The summed E-state index contributed by atoms with van der Waals surface area (Å²) in [6.07, 6.45) is 1.57. The van der Waals surface area contributed by atoms with Crippen molar-refractivity contribution in [2.45, 2.75) is 19.8 Å². The zero-order valence-corrected chi connectivity index (χ0v) is 16.7. The van der Waals surface area contributed by atoms with Crippen LogP contribution in [0, 0.1) is 0 Å². The molecule has 0 unspecified atom stereocenters. The van der Waals surface area contributed by atoms with Crippen molar-refractivity contribution in [2.24, 2.45) is 5.10 Å². The van der Waals surface area contributed by atoms with Crippen molar-refractivity contribution in [1.82, 2.24) is 9.66 Å². The Hall–Kier alpha value is -1.99. The van der Waals surface area contributed by atoms with Gasteiger partial charge in [0.1, 0.15) is 11.6 Å². The normalized spacial score (nSPS) is 11.7. The minimum absolute atomic E-state index is 0.0319. The molecule has 7 heteroatoms. The van der Waals surface area contributed by atoms with Gasteiger partial charge >= 0.3 is 0 Å². The summed E-state index contributed by atoms with van der Waals surface area (Å²) in [5.41, 5.74) is 1.18. The van der Waals surface area contributed by atoms with Crippen molar-refractivity contribution in [1.29, 1.82) is 0 Å². The van der Waals surface area contributed by atoms with Crippen LogP contribution in [0.4, 0.5) is 0 Å². The molecule has 0 saturated heterocycles. The Morgan fingerprint density at radius 1 is 1.20 bits per heavy atom. The van der Waals surface area contributed by atoms with E-state index in [9.17, 15) is 9.90 Å². The van der Waals surface area contributed by atoms with E-state index in [4.69, 9.17) is 0 Å². The van der Waals surface area contributed by atoms with Gasteiger partial charge in [0.05, 0.1) is 21.6 Å². The lowest BCUT2D eigenvalue weighted by Crippen LogP contribution is -2.23. The second-order valence-electron chi connectivity index (χ2n) is 5.86. The number of rotatable bonds is 3. The standard InChI is InChI=1S/C18H15Br2N3O2/c1-10(2)17-22-15-5-4-12(19)8-13(15)18(25)23(17)21-9-11-3-6-16(24)14(20)7-11/h3-10,24H,1-2H3. The largest absolute Gasteiger partial charge is 0.507 e. The van der Waals surface area contributed by atoms with Crippen molar-refractivity contribution in [3.63, 3.8) is 0 Å². The number of hydrogen-bond donors (Lipinski definition) is 1. The fourth-order valence-electron chi connectivity index (χ4n) is 2.38. The van der Waals surface area contributed by atoms with Crippen molar-refractivity contribution in [3.05, 3.63) is 67.1 Å². The first-order valence-electron chi connectivity index (χ1n) is 7.62. The molecular weight excluding hydrogens is 450 g/mol. The van der Waals surface area contributed by atoms with E-state index in [2.05, 4.69) is 41.9 Å². The van der Waals surface area contributed by atoms with E-state index in [1.165, 1.54) is 4.68 Å². The first-order valence-corrected chi connectivity index (χ1v) is 9.20. The second-order valence-corrected chi connectivity index (χ2v) is 7.63. The molecule has 0 aliphatic rings. The van der Waals surface area contributed by atoms with Crippen LogP contribution in [-0.2, 0) is 0 Å². The predicted octanol–water partition coefficient (Wildman–Crippen LogP) is 4.63. The van der Waals surface area contributed by atoms with Crippen LogP contribution in [0.2, 0.25) is 0 Å². The van der Waals surface area contributed by atoms with Crippen LogP contribution in [0.3, 0.4) is 0 Å². The van der Waals surface area contributed by atoms with Crippen LogP contribution in [0.5, 0.6) is 5.75 Å². The maximum Gasteiger partial charge on any atom is 0.282 e. The molecule has 0 fully saturated rings. The first kappa shape index (κ1) is 17.8. The molecule has 2 aromatic carbocycles. The second kappa shape index (κ2) is 7.09. The average molecular weight is 465 g/mol. The number of aromatic nitrogens is 2. The molecule has 0 saturated carbocycles. The number of benzene rings is 2. The number of phenolic OH excluding ortho intramolecular Hbond substituents is 1. The van der Waals surface area contributed by atoms with Gasteiger partial charge in [0, 0.05) is 10.4 Å². The predicted molar refractivity (Wildman–Crippen MR) is 107 cm³/mol. The summed E-state index contributed by atoms with van der Waals surface area (Å²) in [6, 6.07) is 10.4. The van der Waals surface area contributed by atoms with E-state index >= 15 is 0 Å². The fourth-order valence-corrected chi connectivity index (χ4v) is 3.14. The van der Waals surface area contributed by atoms with Gasteiger partial charge in [-0.15, -0.1) is 0 Å². The molecule has 0 bridgehead atoms. The molecule has 5 nitrogen and oxygen atoms in total. The molecular formula is C18H15Br2N3O2. The molecule has 0 aliphatic heterocycles. The fraction of sp³-hybridized carbons (Fsp3) is 0.167. The molecule has 0 amide bonds. The maximum absolute atomic E-state index is 12.9. The Morgan fingerprint density at radius 3 is 2.64 bits per heavy atom. The smallest absolute Gasteiger partial charge is 0.282 e. The molecule has 3 aromatic rings. The third-order valence-corrected chi connectivity index (χ3v) is 4.77. The Morgan fingerprint density at radius 2 is 1.96 bits per heavy atom. The highest BCUT2D eigenvalue weighted by Crippen LogP contribution is 2.24. The summed E-state index contributed by atoms with van der Waals surface area (Å²) >= 11 is 6.65. The molecule has 0 aliphatic carbocycles. The van der Waals surface area contributed by atoms with E-state index in [-0.39, 0.29) is 17.2 Å². The number of aromatic hydroxyl groups is 1. The first-order chi connectivity index (χ1) is 11.9. The quantitative estimate of drug-likeness (QED) is 0.574. The highest BCUT2D eigenvalue weighted by atomic mass is 79.9. The SMILES string of the molecule is CC(C)c1nc2ccc(Br)cc2c(=O)n1N=Cc1ccc(O)c(Br)c1. The Balaban J connectivity index is 2.17. The molecule has 0 atom stereocenters. The summed E-state index contributed by atoms with van der Waals surface area (Å²) in [4.78, 5) is 17.5. The van der Waals surface area contributed by atoms with E-state index in [1.807, 2.05) is 26.0 Å². The minimum atomic E-state index is -0.218. The van der Waals surface area contributed by atoms with Crippen molar-refractivity contribution < 1.29 is 5.11 Å². The summed E-state index contributed by atoms with van der Waals surface area (Å²) in [6.45, 7) is 3.94. The molecule has 128 valence electrons. The van der Waals surface area contributed by atoms with Crippen molar-refractivity contribution in [3.8, 4) is 5.75 Å². The van der Waals surface area contributed by atoms with Gasteiger partial charge < -0.3 is 5.11 Å². The number of nitrogens with zero attached hydrogens (tertiary/aromatic N) is 3. The number of fused-ring (bicyclic) bond motifs is 1. The molecule has 3 rings (SSSR count). The monoisotopic (exact) mass is 463 g/mol. The zero-order chi connectivity index (χ0) is 18.1. The molecule has 1 heterocycles. The van der Waals surface area contributed by atoms with Gasteiger partial charge in [0.25, 0.3) is 5.56 Å². The van der Waals surface area contributed by atoms with E-state index in [0.717, 1.165) is 10.0 Å². The lowest BCUT2D eigenvalue weighted by Gasteiger charge is -2.12. The van der Waals surface area contributed by atoms with Crippen molar-refractivity contribution >= 4 is 49.0 Å². The van der Waals surface area contributed by atoms with Crippen LogP contribution in [-0.4, -0.2) is 21.0 Å². The third-order valence-electron chi connectivity index (χ3n) is 3.64. The zero-order valence-electron chi connectivity index (χ0n) is 13.6. The summed E-state index contributed by atoms with van der Waals surface area (Å²) < 4.78 is 2.71. The van der Waals surface area contributed by atoms with Crippen LogP contribution < -0.4 is 5.56 Å². The molecule has 1 N–H and O–H groups in total. The Labute approximate surface area is 161 Å². The summed E-state index contributed by atoms with van der Waals surface area (Å²) in [5, 5.41) is 14.4. The van der Waals surface area contributed by atoms with Gasteiger partial charge in [-0.05, 0) is 57.9 Å². The third kappa shape index (κ3) is 3.67. The lowest BCUT2D eigenvalue weighted by atomic mass is 10.2. The Bertz CT molecular complexity index is 1040. The van der Waals surface area contributed by atoms with E-state index in [0.29, 0.717) is 21.2 Å². The van der Waals surface area contributed by atoms with Crippen LogP contribution in [0.25, 0.3) is 10.9 Å². The van der Waals surface area contributed by atoms with Gasteiger partial charge in [0.15, 0.2) is 0 Å². The number of halogens is 2. The summed E-state index contributed by atoms with van der Waals surface area (Å²) in [5.74, 6) is 0.771. The highest BCUT2D eigenvalue weighted by molar-refractivity contribution is 9.10. The number of hydrogen-bond acceptors (Lipinski definition) is 4. The number of phenols is 1. The minimum Gasteiger partial charge on any atom is -0.507 e. The average Bonchev–Trinajstić information content (AvgIpc) is 2.57. The van der Waals surface area contributed by atoms with Gasteiger partial charge in [-0.1, -0.05) is 29.8 Å². The highest BCUT2D eigenvalue weighted by Gasteiger charge is 2.13. The van der Waals surface area contributed by atoms with Crippen LogP contribution in [0.1, 0.15) is 31.2 Å². The Kier molecular flexibility index (Phi) is 5.06. The van der Waals surface area contributed by atoms with Gasteiger partial charge in [0.2, 0.25) is 0 Å². The summed E-state index contributed by atoms with van der Waals surface area (Å²) in [7, 11) is 0. The molecule has 25 heavy (non-hydrogen) atoms. The van der Waals surface area contributed by atoms with E-state index in [1.54, 1.807) is 30.5 Å². The topological polar surface area (TPSA) is 67.5 Å².